The molecule has 1 aliphatic heterocycles. The number of carbonyl (C=O) groups excluding carboxylic acids is 1. The second-order valence-corrected chi connectivity index (χ2v) is 2.74. The Hall–Kier alpha value is -1.59. The Morgan fingerprint density at radius 3 is 2.14 bits per heavy atom. The molecule has 3 N–H and O–H groups in total. The third-order valence-electron chi connectivity index (χ3n) is 1.60. The molecule has 80 valence electrons. The van der Waals surface area contributed by atoms with Crippen LogP contribution in [0.5, 0.6) is 0 Å². The first-order valence-corrected chi connectivity index (χ1v) is 4.21. The minimum atomic E-state index is -0.944. The summed E-state index contributed by atoms with van der Waals surface area (Å²) in [5.74, 6) is -1.85. The number of carboxylic acid groups (broad SMARTS) is 2. The molecule has 0 unspecified atom stereocenters. The van der Waals surface area contributed by atoms with Gasteiger partial charge in [0.15, 0.2) is 0 Å². The average molecular weight is 203 g/mol. The summed E-state index contributed by atoms with van der Waals surface area (Å²) in [5.41, 5.74) is 0. The first kappa shape index (κ1) is 12.4. The summed E-state index contributed by atoms with van der Waals surface area (Å²) in [6.07, 6.45) is 0.991. The van der Waals surface area contributed by atoms with Crippen LogP contribution in [0.4, 0.5) is 0 Å². The highest BCUT2D eigenvalue weighted by Crippen LogP contribution is 2.05. The van der Waals surface area contributed by atoms with Crippen LogP contribution in [0.1, 0.15) is 26.2 Å². The van der Waals surface area contributed by atoms with Crippen molar-refractivity contribution in [1.29, 1.82) is 0 Å². The zero-order chi connectivity index (χ0) is 11.1. The van der Waals surface area contributed by atoms with Crippen molar-refractivity contribution in [2.24, 2.45) is 0 Å². The van der Waals surface area contributed by atoms with Crippen molar-refractivity contribution >= 4 is 17.8 Å². The van der Waals surface area contributed by atoms with Gasteiger partial charge in [-0.1, -0.05) is 6.92 Å². The van der Waals surface area contributed by atoms with E-state index in [0.717, 1.165) is 0 Å². The largest absolute Gasteiger partial charge is 0.481 e. The van der Waals surface area contributed by atoms with Gasteiger partial charge in [-0.2, -0.15) is 0 Å². The van der Waals surface area contributed by atoms with Gasteiger partial charge < -0.3 is 15.5 Å². The van der Waals surface area contributed by atoms with Crippen LogP contribution in [0.15, 0.2) is 0 Å². The molecule has 1 amide bonds. The van der Waals surface area contributed by atoms with Crippen LogP contribution < -0.4 is 5.32 Å². The number of nitrogens with one attached hydrogen (secondary N) is 1. The van der Waals surface area contributed by atoms with E-state index >= 15 is 0 Å². The van der Waals surface area contributed by atoms with Crippen LogP contribution in [-0.2, 0) is 14.4 Å². The maximum absolute atomic E-state index is 10.4. The van der Waals surface area contributed by atoms with Gasteiger partial charge in [0.05, 0.1) is 0 Å². The molecule has 6 heteroatoms. The highest BCUT2D eigenvalue weighted by molar-refractivity contribution is 5.87. The summed E-state index contributed by atoms with van der Waals surface area (Å²) in [6.45, 7) is 1.60. The lowest BCUT2D eigenvalue weighted by atomic mass is 10.2. The minimum absolute atomic E-state index is 0.164. The zero-order valence-corrected chi connectivity index (χ0v) is 7.82. The molecule has 0 aromatic rings. The summed E-state index contributed by atoms with van der Waals surface area (Å²) in [6, 6.07) is -0.641. The number of aliphatic carboxylic acids is 2. The van der Waals surface area contributed by atoms with Crippen molar-refractivity contribution in [3.8, 4) is 0 Å². The highest BCUT2D eigenvalue weighted by atomic mass is 16.4. The molecule has 0 aromatic heterocycles. The lowest BCUT2D eigenvalue weighted by Gasteiger charge is -1.99. The van der Waals surface area contributed by atoms with Gasteiger partial charge in [-0.05, 0) is 6.42 Å². The quantitative estimate of drug-likeness (QED) is 0.578. The predicted octanol–water partition coefficient (Wildman–Crippen LogP) is -0.169. The fourth-order valence-corrected chi connectivity index (χ4v) is 0.799. The fraction of sp³-hybridized carbons (Fsp3) is 0.625. The maximum Gasteiger partial charge on any atom is 0.326 e. The number of rotatable bonds is 2. The smallest absolute Gasteiger partial charge is 0.326 e. The van der Waals surface area contributed by atoms with E-state index in [1.54, 1.807) is 6.92 Å². The highest BCUT2D eigenvalue weighted by Gasteiger charge is 2.26. The van der Waals surface area contributed by atoms with Crippen molar-refractivity contribution < 1.29 is 24.6 Å². The normalized spacial score (nSPS) is 19.2. The average Bonchev–Trinajstić information content (AvgIpc) is 2.53. The Labute approximate surface area is 80.9 Å². The molecule has 0 bridgehead atoms. The van der Waals surface area contributed by atoms with E-state index in [1.165, 1.54) is 0 Å². The van der Waals surface area contributed by atoms with Gasteiger partial charge in [0, 0.05) is 12.8 Å². The number of hydrogen-bond donors (Lipinski definition) is 3. The van der Waals surface area contributed by atoms with Crippen molar-refractivity contribution in [2.45, 2.75) is 32.2 Å². The maximum atomic E-state index is 10.4. The Kier molecular flexibility index (Phi) is 5.28. The molecule has 1 atom stereocenters. The summed E-state index contributed by atoms with van der Waals surface area (Å²) < 4.78 is 0. The van der Waals surface area contributed by atoms with E-state index in [-0.39, 0.29) is 12.3 Å². The molecule has 1 fully saturated rings. The van der Waals surface area contributed by atoms with Gasteiger partial charge in [-0.25, -0.2) is 4.79 Å². The molecule has 0 aliphatic carbocycles. The van der Waals surface area contributed by atoms with Crippen LogP contribution in [0.25, 0.3) is 0 Å². The number of hydrogen-bond acceptors (Lipinski definition) is 3. The van der Waals surface area contributed by atoms with Crippen LogP contribution in [0.2, 0.25) is 0 Å². The van der Waals surface area contributed by atoms with Gasteiger partial charge in [-0.15, -0.1) is 0 Å². The molecular weight excluding hydrogens is 190 g/mol. The van der Waals surface area contributed by atoms with Crippen LogP contribution in [0, 0.1) is 0 Å². The van der Waals surface area contributed by atoms with Gasteiger partial charge in [-0.3, -0.25) is 9.59 Å². The number of amides is 1. The van der Waals surface area contributed by atoms with Gasteiger partial charge in [0.2, 0.25) is 5.91 Å². The molecule has 1 heterocycles. The standard InChI is InChI=1S/C5H7NO3.C3H6O2/c7-4-2-1-3(6-4)5(8)9;1-2-3(4)5/h3H,1-2H2,(H,6,7)(H,8,9);2H2,1H3,(H,4,5)/t3-;/m0./s1. The first-order chi connectivity index (χ1) is 6.47. The van der Waals surface area contributed by atoms with Crippen LogP contribution in [0.3, 0.4) is 0 Å². The first-order valence-electron chi connectivity index (χ1n) is 4.21. The molecule has 14 heavy (non-hydrogen) atoms. The third kappa shape index (κ3) is 5.13. The van der Waals surface area contributed by atoms with Gasteiger partial charge in [0.1, 0.15) is 6.04 Å². The second-order valence-electron chi connectivity index (χ2n) is 2.74. The SMILES string of the molecule is CCC(=O)O.O=C1CC[C@@H](C(=O)O)N1. The van der Waals surface area contributed by atoms with Gasteiger partial charge >= 0.3 is 11.9 Å². The lowest BCUT2D eigenvalue weighted by Crippen LogP contribution is -2.32. The van der Waals surface area contributed by atoms with Crippen LogP contribution >= 0.6 is 0 Å². The van der Waals surface area contributed by atoms with E-state index in [0.29, 0.717) is 12.8 Å². The summed E-state index contributed by atoms with van der Waals surface area (Å²) >= 11 is 0. The Morgan fingerprint density at radius 2 is 2.00 bits per heavy atom. The Balaban J connectivity index is 0.000000292. The molecule has 0 spiro atoms. The molecule has 0 radical (unpaired) electrons. The van der Waals surface area contributed by atoms with E-state index in [9.17, 15) is 14.4 Å². The second kappa shape index (κ2) is 5.95. The molecule has 0 saturated carbocycles. The molecule has 1 aliphatic rings. The minimum Gasteiger partial charge on any atom is -0.481 e. The zero-order valence-electron chi connectivity index (χ0n) is 7.82. The molecule has 6 nitrogen and oxygen atoms in total. The fourth-order valence-electron chi connectivity index (χ4n) is 0.799. The van der Waals surface area contributed by atoms with E-state index in [4.69, 9.17) is 10.2 Å². The van der Waals surface area contributed by atoms with Crippen LogP contribution in [-0.4, -0.2) is 34.1 Å². The molecule has 1 saturated heterocycles. The number of carbonyl (C=O) groups is 3. The Bertz CT molecular complexity index is 238. The van der Waals surface area contributed by atoms with Crippen molar-refractivity contribution in [3.05, 3.63) is 0 Å². The van der Waals surface area contributed by atoms with Gasteiger partial charge in [0.25, 0.3) is 0 Å². The summed E-state index contributed by atoms with van der Waals surface area (Å²) in [5, 5.41) is 18.4. The Morgan fingerprint density at radius 1 is 1.50 bits per heavy atom. The van der Waals surface area contributed by atoms with Crippen molar-refractivity contribution in [3.63, 3.8) is 0 Å². The van der Waals surface area contributed by atoms with Crippen molar-refractivity contribution in [1.82, 2.24) is 5.32 Å². The topological polar surface area (TPSA) is 104 Å². The summed E-state index contributed by atoms with van der Waals surface area (Å²) in [4.78, 5) is 29.9. The van der Waals surface area contributed by atoms with E-state index in [1.807, 2.05) is 0 Å². The molecular formula is C8H13NO5. The van der Waals surface area contributed by atoms with Crippen molar-refractivity contribution in [2.75, 3.05) is 0 Å². The number of carboxylic acids is 2. The third-order valence-corrected chi connectivity index (χ3v) is 1.60. The summed E-state index contributed by atoms with van der Waals surface area (Å²) in [7, 11) is 0. The molecule has 1 rings (SSSR count). The van der Waals surface area contributed by atoms with E-state index in [2.05, 4.69) is 5.32 Å². The predicted molar refractivity (Wildman–Crippen MR) is 46.7 cm³/mol. The monoisotopic (exact) mass is 203 g/mol. The van der Waals surface area contributed by atoms with E-state index < -0.39 is 18.0 Å². The lowest BCUT2D eigenvalue weighted by molar-refractivity contribution is -0.140. The molecule has 0 aromatic carbocycles.